The van der Waals surface area contributed by atoms with Gasteiger partial charge in [0.2, 0.25) is 11.0 Å². The van der Waals surface area contributed by atoms with Crippen LogP contribution in [0.4, 0.5) is 5.69 Å². The third kappa shape index (κ3) is 4.04. The number of nitrogens with zero attached hydrogens (tertiary/aromatic N) is 2. The molecule has 1 aliphatic heterocycles. The largest absolute Gasteiger partial charge is 0.348 e. The van der Waals surface area contributed by atoms with Crippen LogP contribution in [0.25, 0.3) is 0 Å². The Labute approximate surface area is 178 Å². The molecule has 0 bridgehead atoms. The molecule has 5 nitrogen and oxygen atoms in total. The molecule has 0 saturated carbocycles. The number of anilines is 1. The first-order valence-corrected chi connectivity index (χ1v) is 9.75. The number of rotatable bonds is 4. The fraction of sp³-hybridized carbons (Fsp3) is 0.0909. The first kappa shape index (κ1) is 19.2. The number of thiocarbonyl (C=S) groups is 1. The van der Waals surface area contributed by atoms with Gasteiger partial charge in [0.05, 0.1) is 17.3 Å². The molecule has 144 valence electrons. The summed E-state index contributed by atoms with van der Waals surface area (Å²) < 4.78 is 0. The summed E-state index contributed by atoms with van der Waals surface area (Å²) in [5.74, 6) is -0.906. The van der Waals surface area contributed by atoms with Crippen LogP contribution in [0.5, 0.6) is 0 Å². The molecule has 2 aromatic carbocycles. The number of hydrogen-bond acceptors (Lipinski definition) is 3. The van der Waals surface area contributed by atoms with Crippen molar-refractivity contribution >= 4 is 52.1 Å². The highest BCUT2D eigenvalue weighted by Gasteiger charge is 2.34. The lowest BCUT2D eigenvalue weighted by molar-refractivity contribution is -0.118. The lowest BCUT2D eigenvalue weighted by atomic mass is 9.95. The summed E-state index contributed by atoms with van der Waals surface area (Å²) in [6, 6.07) is 14.1. The second-order valence-electron chi connectivity index (χ2n) is 6.58. The molecule has 1 unspecified atom stereocenters. The number of carbonyl (C=O) groups excluding carboxylic acids is 2. The zero-order valence-corrected chi connectivity index (χ0v) is 16.8. The molecule has 1 aliphatic carbocycles. The van der Waals surface area contributed by atoms with Crippen molar-refractivity contribution in [2.45, 2.75) is 6.54 Å². The van der Waals surface area contributed by atoms with E-state index in [4.69, 9.17) is 23.8 Å². The standard InChI is InChI=1S/C22H16ClN3O2S/c23-16-7-3-5-14(11-16)13-24-20(27)15-6-4-8-17(12-15)26-21(28)18-9-1-2-10-19(18)25-22(26)29/h1-12,18H,13H2,(H,24,27). The maximum atomic E-state index is 13.0. The minimum absolute atomic E-state index is 0.165. The van der Waals surface area contributed by atoms with Crippen LogP contribution in [0.15, 0.2) is 77.8 Å². The highest BCUT2D eigenvalue weighted by atomic mass is 35.5. The summed E-state index contributed by atoms with van der Waals surface area (Å²) >= 11 is 11.3. The Kier molecular flexibility index (Phi) is 5.38. The van der Waals surface area contributed by atoms with Gasteiger partial charge in [-0.2, -0.15) is 0 Å². The Bertz CT molecular complexity index is 1110. The van der Waals surface area contributed by atoms with Crippen LogP contribution in [-0.2, 0) is 11.3 Å². The number of carbonyl (C=O) groups is 2. The van der Waals surface area contributed by atoms with E-state index in [9.17, 15) is 9.59 Å². The van der Waals surface area contributed by atoms with Crippen LogP contribution >= 0.6 is 23.8 Å². The van der Waals surface area contributed by atoms with Crippen molar-refractivity contribution in [3.05, 3.63) is 89.0 Å². The quantitative estimate of drug-likeness (QED) is 0.756. The average Bonchev–Trinajstić information content (AvgIpc) is 2.72. The number of aliphatic imine (C=N–C) groups is 1. The van der Waals surface area contributed by atoms with Crippen molar-refractivity contribution in [2.75, 3.05) is 4.90 Å². The van der Waals surface area contributed by atoms with Crippen LogP contribution < -0.4 is 10.2 Å². The average molecular weight is 422 g/mol. The third-order valence-corrected chi connectivity index (χ3v) is 5.12. The Morgan fingerprint density at radius 2 is 2.00 bits per heavy atom. The highest BCUT2D eigenvalue weighted by molar-refractivity contribution is 7.80. The lowest BCUT2D eigenvalue weighted by Gasteiger charge is -2.30. The monoisotopic (exact) mass is 421 g/mol. The molecule has 29 heavy (non-hydrogen) atoms. The van der Waals surface area contributed by atoms with Gasteiger partial charge in [-0.15, -0.1) is 0 Å². The Morgan fingerprint density at radius 1 is 1.17 bits per heavy atom. The van der Waals surface area contributed by atoms with Gasteiger partial charge in [-0.1, -0.05) is 48.0 Å². The maximum Gasteiger partial charge on any atom is 0.251 e. The van der Waals surface area contributed by atoms with Gasteiger partial charge >= 0.3 is 0 Å². The zero-order chi connectivity index (χ0) is 20.4. The number of hydrogen-bond donors (Lipinski definition) is 1. The number of benzene rings is 2. The van der Waals surface area contributed by atoms with Gasteiger partial charge in [-0.25, -0.2) is 4.99 Å². The predicted molar refractivity (Wildman–Crippen MR) is 118 cm³/mol. The predicted octanol–water partition coefficient (Wildman–Crippen LogP) is 4.08. The van der Waals surface area contributed by atoms with E-state index in [2.05, 4.69) is 10.3 Å². The van der Waals surface area contributed by atoms with Crippen molar-refractivity contribution < 1.29 is 9.59 Å². The van der Waals surface area contributed by atoms with Crippen LogP contribution in [0, 0.1) is 5.92 Å². The number of nitrogens with one attached hydrogen (secondary N) is 1. The van der Waals surface area contributed by atoms with E-state index in [1.807, 2.05) is 24.3 Å². The first-order valence-electron chi connectivity index (χ1n) is 8.97. The van der Waals surface area contributed by atoms with E-state index in [-0.39, 0.29) is 16.9 Å². The molecule has 1 heterocycles. The molecule has 0 fully saturated rings. The lowest BCUT2D eigenvalue weighted by Crippen LogP contribution is -2.46. The smallest absolute Gasteiger partial charge is 0.251 e. The Morgan fingerprint density at radius 3 is 2.83 bits per heavy atom. The molecule has 0 saturated heterocycles. The summed E-state index contributed by atoms with van der Waals surface area (Å²) in [6.07, 6.45) is 7.21. The molecule has 1 N–H and O–H groups in total. The van der Waals surface area contributed by atoms with Crippen molar-refractivity contribution in [3.63, 3.8) is 0 Å². The number of fused-ring (bicyclic) bond motifs is 1. The van der Waals surface area contributed by atoms with E-state index in [1.54, 1.807) is 48.6 Å². The normalized spacial score (nSPS) is 17.8. The summed E-state index contributed by atoms with van der Waals surface area (Å²) in [7, 11) is 0. The van der Waals surface area contributed by atoms with Crippen LogP contribution in [0.3, 0.4) is 0 Å². The molecular weight excluding hydrogens is 406 g/mol. The van der Waals surface area contributed by atoms with Crippen molar-refractivity contribution in [1.29, 1.82) is 0 Å². The summed E-state index contributed by atoms with van der Waals surface area (Å²) in [6.45, 7) is 0.345. The van der Waals surface area contributed by atoms with Crippen molar-refractivity contribution in [3.8, 4) is 0 Å². The van der Waals surface area contributed by atoms with Gasteiger partial charge in [0.15, 0.2) is 0 Å². The Balaban J connectivity index is 1.54. The van der Waals surface area contributed by atoms with Crippen LogP contribution in [0.1, 0.15) is 15.9 Å². The second-order valence-corrected chi connectivity index (χ2v) is 7.38. The van der Waals surface area contributed by atoms with Gasteiger partial charge in [0.1, 0.15) is 0 Å². The van der Waals surface area contributed by atoms with Gasteiger partial charge in [0, 0.05) is 17.1 Å². The molecule has 7 heteroatoms. The second kappa shape index (κ2) is 8.11. The van der Waals surface area contributed by atoms with E-state index in [0.29, 0.717) is 28.5 Å². The van der Waals surface area contributed by atoms with Crippen LogP contribution in [-0.4, -0.2) is 22.6 Å². The first-order chi connectivity index (χ1) is 14.0. The van der Waals surface area contributed by atoms with E-state index in [0.717, 1.165) is 5.56 Å². The minimum Gasteiger partial charge on any atom is -0.348 e. The third-order valence-electron chi connectivity index (χ3n) is 4.61. The van der Waals surface area contributed by atoms with Gasteiger partial charge in [-0.05, 0) is 54.2 Å². The summed E-state index contributed by atoms with van der Waals surface area (Å²) in [5, 5.41) is 3.64. The molecule has 2 amide bonds. The molecule has 2 aliphatic rings. The molecule has 4 rings (SSSR count). The number of allylic oxidation sites excluding steroid dienone is 3. The fourth-order valence-corrected chi connectivity index (χ4v) is 3.71. The topological polar surface area (TPSA) is 61.8 Å². The van der Waals surface area contributed by atoms with Crippen molar-refractivity contribution in [1.82, 2.24) is 5.32 Å². The molecule has 0 spiro atoms. The van der Waals surface area contributed by atoms with Gasteiger partial charge < -0.3 is 5.32 Å². The molecule has 0 aromatic heterocycles. The van der Waals surface area contributed by atoms with Gasteiger partial charge in [0.25, 0.3) is 5.91 Å². The van der Waals surface area contributed by atoms with E-state index < -0.39 is 5.92 Å². The molecular formula is C22H16ClN3O2S. The summed E-state index contributed by atoms with van der Waals surface area (Å²) in [4.78, 5) is 31.3. The number of amides is 2. The molecule has 1 atom stereocenters. The zero-order valence-electron chi connectivity index (χ0n) is 15.2. The van der Waals surface area contributed by atoms with E-state index in [1.165, 1.54) is 4.90 Å². The molecule has 2 aromatic rings. The maximum absolute atomic E-state index is 13.0. The Hall–Kier alpha value is -3.09. The highest BCUT2D eigenvalue weighted by Crippen LogP contribution is 2.26. The van der Waals surface area contributed by atoms with Crippen molar-refractivity contribution in [2.24, 2.45) is 10.9 Å². The molecule has 0 radical (unpaired) electrons. The minimum atomic E-state index is -0.466. The fourth-order valence-electron chi connectivity index (χ4n) is 3.20. The van der Waals surface area contributed by atoms with Crippen LogP contribution in [0.2, 0.25) is 5.02 Å². The summed E-state index contributed by atoms with van der Waals surface area (Å²) in [5.41, 5.74) is 2.47. The SMILES string of the molecule is O=C(NCc1cccc(Cl)c1)c1cccc(N2C(=O)C3C=CC=CC3=NC2=S)c1. The van der Waals surface area contributed by atoms with Gasteiger partial charge in [-0.3, -0.25) is 14.5 Å². The van der Waals surface area contributed by atoms with E-state index >= 15 is 0 Å². The number of halogens is 1.